The third-order valence-electron chi connectivity index (χ3n) is 6.00. The van der Waals surface area contributed by atoms with Crippen LogP contribution < -0.4 is 9.62 Å². The van der Waals surface area contributed by atoms with Crippen molar-refractivity contribution in [1.29, 1.82) is 0 Å². The first-order valence-electron chi connectivity index (χ1n) is 12.5. The van der Waals surface area contributed by atoms with Gasteiger partial charge in [-0.25, -0.2) is 8.42 Å². The molecule has 10 heteroatoms. The molecule has 0 aliphatic rings. The van der Waals surface area contributed by atoms with E-state index in [1.54, 1.807) is 42.5 Å². The Morgan fingerprint density at radius 2 is 1.54 bits per heavy atom. The van der Waals surface area contributed by atoms with Crippen molar-refractivity contribution in [2.45, 2.75) is 32.9 Å². The molecule has 3 rings (SSSR count). The predicted octanol–water partition coefficient (Wildman–Crippen LogP) is 5.17. The summed E-state index contributed by atoms with van der Waals surface area (Å²) in [5.41, 5.74) is 1.74. The van der Waals surface area contributed by atoms with E-state index in [1.807, 2.05) is 44.2 Å². The summed E-state index contributed by atoms with van der Waals surface area (Å²) >= 11 is 12.5. The number of amides is 2. The van der Waals surface area contributed by atoms with Crippen LogP contribution in [-0.4, -0.2) is 50.5 Å². The molecule has 0 spiro atoms. The molecule has 2 amide bonds. The summed E-state index contributed by atoms with van der Waals surface area (Å²) in [5.74, 6) is -0.683. The zero-order valence-corrected chi connectivity index (χ0v) is 24.5. The van der Waals surface area contributed by atoms with Crippen molar-refractivity contribution in [3.05, 3.63) is 100 Å². The number of carbonyl (C=O) groups excluding carboxylic acids is 2. The lowest BCUT2D eigenvalue weighted by Crippen LogP contribution is -2.53. The first-order valence-corrected chi connectivity index (χ1v) is 15.1. The second-order valence-corrected chi connectivity index (χ2v) is 12.5. The molecule has 0 aliphatic carbocycles. The molecule has 3 aromatic carbocycles. The van der Waals surface area contributed by atoms with Gasteiger partial charge in [-0.15, -0.1) is 0 Å². The van der Waals surface area contributed by atoms with Crippen LogP contribution in [0.4, 0.5) is 5.69 Å². The lowest BCUT2D eigenvalue weighted by atomic mass is 10.0. The van der Waals surface area contributed by atoms with E-state index in [9.17, 15) is 18.0 Å². The van der Waals surface area contributed by atoms with Crippen LogP contribution in [-0.2, 0) is 32.6 Å². The van der Waals surface area contributed by atoms with Crippen molar-refractivity contribution in [2.24, 2.45) is 5.92 Å². The second kappa shape index (κ2) is 13.8. The van der Waals surface area contributed by atoms with Gasteiger partial charge in [0.2, 0.25) is 21.8 Å². The van der Waals surface area contributed by atoms with E-state index in [2.05, 4.69) is 5.32 Å². The number of nitrogens with one attached hydrogen (secondary N) is 1. The fourth-order valence-corrected chi connectivity index (χ4v) is 5.42. The molecule has 0 bridgehead atoms. The Morgan fingerprint density at radius 1 is 0.897 bits per heavy atom. The molecule has 0 fully saturated rings. The quantitative estimate of drug-likeness (QED) is 0.315. The van der Waals surface area contributed by atoms with Crippen LogP contribution in [0, 0.1) is 5.92 Å². The van der Waals surface area contributed by atoms with Gasteiger partial charge in [-0.05, 0) is 41.3 Å². The Kier molecular flexibility index (Phi) is 10.8. The van der Waals surface area contributed by atoms with Crippen molar-refractivity contribution in [1.82, 2.24) is 10.2 Å². The number of benzene rings is 3. The van der Waals surface area contributed by atoms with Gasteiger partial charge in [0.1, 0.15) is 12.6 Å². The number of anilines is 1. The fourth-order valence-electron chi connectivity index (χ4n) is 4.06. The largest absolute Gasteiger partial charge is 0.354 e. The van der Waals surface area contributed by atoms with E-state index in [0.29, 0.717) is 17.1 Å². The van der Waals surface area contributed by atoms with Crippen molar-refractivity contribution < 1.29 is 18.0 Å². The monoisotopic (exact) mass is 589 g/mol. The molecule has 3 aromatic rings. The van der Waals surface area contributed by atoms with Crippen LogP contribution in [0.25, 0.3) is 0 Å². The third kappa shape index (κ3) is 8.98. The summed E-state index contributed by atoms with van der Waals surface area (Å²) in [4.78, 5) is 29.0. The first-order chi connectivity index (χ1) is 18.5. The lowest BCUT2D eigenvalue weighted by Gasteiger charge is -2.33. The van der Waals surface area contributed by atoms with Gasteiger partial charge in [0, 0.05) is 24.5 Å². The normalized spacial score (nSPS) is 12.2. The molecule has 208 valence electrons. The Bertz CT molecular complexity index is 1380. The van der Waals surface area contributed by atoms with Gasteiger partial charge in [-0.2, -0.15) is 0 Å². The van der Waals surface area contributed by atoms with Gasteiger partial charge < -0.3 is 10.2 Å². The van der Waals surface area contributed by atoms with Crippen LogP contribution in [0.2, 0.25) is 10.0 Å². The second-order valence-electron chi connectivity index (χ2n) is 9.72. The summed E-state index contributed by atoms with van der Waals surface area (Å²) < 4.78 is 26.6. The smallest absolute Gasteiger partial charge is 0.244 e. The maximum atomic E-state index is 14.0. The number of carbonyl (C=O) groups is 2. The number of nitrogens with zero attached hydrogens (tertiary/aromatic N) is 2. The van der Waals surface area contributed by atoms with E-state index < -0.39 is 28.5 Å². The highest BCUT2D eigenvalue weighted by Gasteiger charge is 2.33. The van der Waals surface area contributed by atoms with Crippen LogP contribution in [0.15, 0.2) is 78.9 Å². The summed E-state index contributed by atoms with van der Waals surface area (Å²) in [7, 11) is -3.90. The van der Waals surface area contributed by atoms with E-state index in [-0.39, 0.29) is 35.5 Å². The summed E-state index contributed by atoms with van der Waals surface area (Å²) in [6.07, 6.45) is 1.25. The van der Waals surface area contributed by atoms with Crippen molar-refractivity contribution in [2.75, 3.05) is 23.7 Å². The molecule has 1 atom stereocenters. The molecular formula is C29H33Cl2N3O4S. The minimum absolute atomic E-state index is 0.0477. The molecule has 39 heavy (non-hydrogen) atoms. The molecule has 0 aliphatic heterocycles. The molecule has 0 saturated carbocycles. The van der Waals surface area contributed by atoms with Gasteiger partial charge in [0.15, 0.2) is 0 Å². The van der Waals surface area contributed by atoms with Crippen LogP contribution in [0.5, 0.6) is 0 Å². The number of para-hydroxylation sites is 1. The van der Waals surface area contributed by atoms with Crippen LogP contribution in [0.3, 0.4) is 0 Å². The topological polar surface area (TPSA) is 86.8 Å². The molecule has 0 aromatic heterocycles. The highest BCUT2D eigenvalue weighted by Crippen LogP contribution is 2.28. The highest BCUT2D eigenvalue weighted by molar-refractivity contribution is 7.92. The van der Waals surface area contributed by atoms with Crippen molar-refractivity contribution in [3.63, 3.8) is 0 Å². The number of halogens is 2. The lowest BCUT2D eigenvalue weighted by molar-refractivity contribution is -0.140. The highest BCUT2D eigenvalue weighted by atomic mass is 35.5. The summed E-state index contributed by atoms with van der Waals surface area (Å²) in [6.45, 7) is 3.90. The fraction of sp³-hybridized carbons (Fsp3) is 0.310. The maximum absolute atomic E-state index is 14.0. The average Bonchev–Trinajstić information content (AvgIpc) is 2.88. The first kappa shape index (κ1) is 30.5. The van der Waals surface area contributed by atoms with Gasteiger partial charge in [-0.1, -0.05) is 91.6 Å². The number of hydrogen-bond donors (Lipinski definition) is 1. The molecule has 0 heterocycles. The van der Waals surface area contributed by atoms with Crippen molar-refractivity contribution >= 4 is 50.7 Å². The van der Waals surface area contributed by atoms with Crippen LogP contribution in [0.1, 0.15) is 25.0 Å². The van der Waals surface area contributed by atoms with E-state index in [0.717, 1.165) is 16.1 Å². The zero-order chi connectivity index (χ0) is 28.6. The SMILES string of the molecule is CC(C)CNC(=O)[C@@H](Cc1ccccc1)N(Cc1cccc(Cl)c1)C(=O)CN(c1ccccc1Cl)S(C)(=O)=O. The van der Waals surface area contributed by atoms with Gasteiger partial charge in [0.25, 0.3) is 0 Å². The summed E-state index contributed by atoms with van der Waals surface area (Å²) in [6, 6.07) is 21.9. The van der Waals surface area contributed by atoms with Crippen LogP contribution >= 0.6 is 23.2 Å². The molecule has 0 radical (unpaired) electrons. The Balaban J connectivity index is 2.05. The number of rotatable bonds is 12. The van der Waals surface area contributed by atoms with Crippen molar-refractivity contribution in [3.8, 4) is 0 Å². The van der Waals surface area contributed by atoms with E-state index >= 15 is 0 Å². The molecule has 7 nitrogen and oxygen atoms in total. The van der Waals surface area contributed by atoms with E-state index in [4.69, 9.17) is 23.2 Å². The Morgan fingerprint density at radius 3 is 2.15 bits per heavy atom. The van der Waals surface area contributed by atoms with Gasteiger partial charge in [-0.3, -0.25) is 13.9 Å². The van der Waals surface area contributed by atoms with Gasteiger partial charge >= 0.3 is 0 Å². The minimum atomic E-state index is -3.90. The molecule has 1 N–H and O–H groups in total. The van der Waals surface area contributed by atoms with E-state index in [1.165, 1.54) is 11.0 Å². The average molecular weight is 591 g/mol. The molecule has 0 unspecified atom stereocenters. The maximum Gasteiger partial charge on any atom is 0.244 e. The minimum Gasteiger partial charge on any atom is -0.354 e. The Labute approximate surface area is 240 Å². The number of hydrogen-bond acceptors (Lipinski definition) is 4. The number of sulfonamides is 1. The summed E-state index contributed by atoms with van der Waals surface area (Å²) in [5, 5.41) is 3.62. The third-order valence-corrected chi connectivity index (χ3v) is 7.68. The predicted molar refractivity (Wildman–Crippen MR) is 157 cm³/mol. The standard InChI is InChI=1S/C29H33Cl2N3O4S/c1-21(2)18-32-29(36)27(17-22-10-5-4-6-11-22)33(19-23-12-9-13-24(30)16-23)28(35)20-34(39(3,37)38)26-15-8-7-14-25(26)31/h4-16,21,27H,17-20H2,1-3H3,(H,32,36)/t27-/m1/s1. The Hall–Kier alpha value is -3.07. The zero-order valence-electron chi connectivity index (χ0n) is 22.2. The molecule has 0 saturated heterocycles. The molecular weight excluding hydrogens is 557 g/mol. The van der Waals surface area contributed by atoms with Gasteiger partial charge in [0.05, 0.1) is 17.0 Å².